The summed E-state index contributed by atoms with van der Waals surface area (Å²) in [6.45, 7) is 5.17. The maximum Gasteiger partial charge on any atom is 0.222 e. The third-order valence-corrected chi connectivity index (χ3v) is 3.99. The first-order valence-corrected chi connectivity index (χ1v) is 8.33. The van der Waals surface area contributed by atoms with Crippen LogP contribution in [-0.4, -0.2) is 41.3 Å². The highest BCUT2D eigenvalue weighted by molar-refractivity contribution is 5.41. The van der Waals surface area contributed by atoms with Crippen molar-refractivity contribution in [2.24, 2.45) is 0 Å². The summed E-state index contributed by atoms with van der Waals surface area (Å²) < 4.78 is 5.42. The number of nitrogens with zero attached hydrogens (tertiary/aromatic N) is 3. The highest BCUT2D eigenvalue weighted by Crippen LogP contribution is 2.25. The van der Waals surface area contributed by atoms with Crippen molar-refractivity contribution in [3.63, 3.8) is 0 Å². The fourth-order valence-electron chi connectivity index (χ4n) is 2.65. The van der Waals surface area contributed by atoms with E-state index >= 15 is 0 Å². The minimum absolute atomic E-state index is 0.309. The molecule has 1 fully saturated rings. The molecule has 0 bridgehead atoms. The smallest absolute Gasteiger partial charge is 0.222 e. The van der Waals surface area contributed by atoms with Crippen LogP contribution in [0.2, 0.25) is 0 Å². The van der Waals surface area contributed by atoms with Crippen LogP contribution in [0.25, 0.3) is 0 Å². The Morgan fingerprint density at radius 1 is 1.21 bits per heavy atom. The van der Waals surface area contributed by atoms with E-state index in [4.69, 9.17) is 10.5 Å². The zero-order valence-corrected chi connectivity index (χ0v) is 14.0. The average Bonchev–Trinajstić information content (AvgIpc) is 3.10. The molecule has 0 aliphatic carbocycles. The number of aryl methyl sites for hydroxylation is 1. The second-order valence-electron chi connectivity index (χ2n) is 6.02. The Bertz CT molecular complexity index is 655. The van der Waals surface area contributed by atoms with Gasteiger partial charge >= 0.3 is 0 Å². The maximum absolute atomic E-state index is 5.82. The molecule has 1 atom stereocenters. The number of anilines is 3. The van der Waals surface area contributed by atoms with E-state index in [0.717, 1.165) is 55.4 Å². The van der Waals surface area contributed by atoms with Crippen LogP contribution < -0.4 is 16.4 Å². The summed E-state index contributed by atoms with van der Waals surface area (Å²) in [7, 11) is 0. The Kier molecular flexibility index (Phi) is 5.43. The van der Waals surface area contributed by atoms with E-state index < -0.39 is 0 Å². The Labute approximate surface area is 142 Å². The first-order valence-electron chi connectivity index (χ1n) is 8.33. The molecule has 7 nitrogen and oxygen atoms in total. The lowest BCUT2D eigenvalue weighted by atomic mass is 10.0. The number of nitrogens with one attached hydrogen (secondary N) is 2. The van der Waals surface area contributed by atoms with Gasteiger partial charge in [0.2, 0.25) is 5.95 Å². The molecule has 1 saturated heterocycles. The first kappa shape index (κ1) is 16.4. The first-order chi connectivity index (χ1) is 11.7. The summed E-state index contributed by atoms with van der Waals surface area (Å²) in [4.78, 5) is 12.9. The molecular formula is C17H24N6O. The summed E-state index contributed by atoms with van der Waals surface area (Å²) in [5.41, 5.74) is 7.94. The second-order valence-corrected chi connectivity index (χ2v) is 6.02. The number of nitrogens with two attached hydrogens (primary N) is 1. The molecule has 2 aromatic heterocycles. The van der Waals surface area contributed by atoms with E-state index in [1.807, 2.05) is 31.3 Å². The normalized spacial score (nSPS) is 17.0. The SMILES string of the molecule is Cc1ccc(NCCCNc2cc([C@H]3CCOC3)nc(N)n2)nc1. The number of nitrogen functional groups attached to an aromatic ring is 1. The van der Waals surface area contributed by atoms with Gasteiger partial charge in [-0.05, 0) is 31.4 Å². The Hall–Kier alpha value is -2.41. The zero-order valence-electron chi connectivity index (χ0n) is 14.0. The standard InChI is InChI=1S/C17H24N6O/c1-12-3-4-15(21-10-12)19-6-2-7-20-16-9-14(22-17(18)23-16)13-5-8-24-11-13/h3-4,9-10,13H,2,5-8,11H2,1H3,(H,19,21)(H3,18,20,22,23)/t13-/m0/s1. The van der Waals surface area contributed by atoms with Gasteiger partial charge in [-0.25, -0.2) is 9.97 Å². The van der Waals surface area contributed by atoms with Crippen molar-refractivity contribution in [1.29, 1.82) is 0 Å². The lowest BCUT2D eigenvalue weighted by molar-refractivity contribution is 0.193. The van der Waals surface area contributed by atoms with Crippen LogP contribution in [0.3, 0.4) is 0 Å². The van der Waals surface area contributed by atoms with Crippen LogP contribution >= 0.6 is 0 Å². The van der Waals surface area contributed by atoms with Gasteiger partial charge in [-0.15, -0.1) is 0 Å². The zero-order chi connectivity index (χ0) is 16.8. The summed E-state index contributed by atoms with van der Waals surface area (Å²) in [6.07, 6.45) is 3.79. The van der Waals surface area contributed by atoms with Crippen LogP contribution in [0.5, 0.6) is 0 Å². The van der Waals surface area contributed by atoms with E-state index in [9.17, 15) is 0 Å². The summed E-state index contributed by atoms with van der Waals surface area (Å²) in [5, 5.41) is 6.61. The van der Waals surface area contributed by atoms with Gasteiger partial charge in [-0.1, -0.05) is 6.07 Å². The van der Waals surface area contributed by atoms with Gasteiger partial charge in [-0.3, -0.25) is 0 Å². The van der Waals surface area contributed by atoms with Crippen molar-refractivity contribution < 1.29 is 4.74 Å². The Morgan fingerprint density at radius 3 is 2.75 bits per heavy atom. The highest BCUT2D eigenvalue weighted by Gasteiger charge is 2.20. The number of hydrogen-bond acceptors (Lipinski definition) is 7. The fourth-order valence-corrected chi connectivity index (χ4v) is 2.65. The number of hydrogen-bond donors (Lipinski definition) is 3. The highest BCUT2D eigenvalue weighted by atomic mass is 16.5. The third kappa shape index (κ3) is 4.55. The lowest BCUT2D eigenvalue weighted by Crippen LogP contribution is -2.12. The maximum atomic E-state index is 5.82. The molecule has 0 amide bonds. The molecule has 4 N–H and O–H groups in total. The minimum atomic E-state index is 0.309. The van der Waals surface area contributed by atoms with Crippen molar-refractivity contribution in [3.8, 4) is 0 Å². The molecule has 3 rings (SSSR count). The summed E-state index contributed by atoms with van der Waals surface area (Å²) in [5.74, 6) is 2.31. The molecule has 0 radical (unpaired) electrons. The molecular weight excluding hydrogens is 304 g/mol. The van der Waals surface area contributed by atoms with E-state index in [1.54, 1.807) is 0 Å². The van der Waals surface area contributed by atoms with Crippen LogP contribution in [0.4, 0.5) is 17.6 Å². The van der Waals surface area contributed by atoms with Gasteiger partial charge in [0.15, 0.2) is 0 Å². The van der Waals surface area contributed by atoms with E-state index in [1.165, 1.54) is 0 Å². The van der Waals surface area contributed by atoms with Crippen molar-refractivity contribution in [1.82, 2.24) is 15.0 Å². The predicted octanol–water partition coefficient (Wildman–Crippen LogP) is 2.18. The fraction of sp³-hybridized carbons (Fsp3) is 0.471. The lowest BCUT2D eigenvalue weighted by Gasteiger charge is -2.11. The third-order valence-electron chi connectivity index (χ3n) is 3.99. The molecule has 0 saturated carbocycles. The molecule has 128 valence electrons. The topological polar surface area (TPSA) is 98.0 Å². The van der Waals surface area contributed by atoms with E-state index in [2.05, 4.69) is 25.6 Å². The molecule has 0 aromatic carbocycles. The molecule has 7 heteroatoms. The number of pyridine rings is 1. The Balaban J connectivity index is 1.45. The number of ether oxygens (including phenoxy) is 1. The van der Waals surface area contributed by atoms with Gasteiger partial charge in [0.1, 0.15) is 11.6 Å². The van der Waals surface area contributed by atoms with Crippen molar-refractivity contribution in [2.45, 2.75) is 25.7 Å². The monoisotopic (exact) mass is 328 g/mol. The predicted molar refractivity (Wildman–Crippen MR) is 95.2 cm³/mol. The van der Waals surface area contributed by atoms with Crippen molar-refractivity contribution in [2.75, 3.05) is 42.7 Å². The van der Waals surface area contributed by atoms with Crippen molar-refractivity contribution >= 4 is 17.6 Å². The molecule has 0 unspecified atom stereocenters. The van der Waals surface area contributed by atoms with Gasteiger partial charge in [-0.2, -0.15) is 4.98 Å². The summed E-state index contributed by atoms with van der Waals surface area (Å²) in [6, 6.07) is 6.01. The molecule has 0 spiro atoms. The average molecular weight is 328 g/mol. The van der Waals surface area contributed by atoms with E-state index in [-0.39, 0.29) is 0 Å². The molecule has 1 aliphatic rings. The van der Waals surface area contributed by atoms with Gasteiger partial charge in [0, 0.05) is 37.9 Å². The van der Waals surface area contributed by atoms with E-state index in [0.29, 0.717) is 18.5 Å². The van der Waals surface area contributed by atoms with Crippen LogP contribution in [0, 0.1) is 6.92 Å². The van der Waals surface area contributed by atoms with Gasteiger partial charge in [0.05, 0.1) is 12.3 Å². The summed E-state index contributed by atoms with van der Waals surface area (Å²) >= 11 is 0. The second kappa shape index (κ2) is 7.92. The van der Waals surface area contributed by atoms with Crippen LogP contribution in [0.1, 0.15) is 30.0 Å². The number of aromatic nitrogens is 3. The number of rotatable bonds is 7. The minimum Gasteiger partial charge on any atom is -0.381 e. The Morgan fingerprint density at radius 2 is 2.04 bits per heavy atom. The van der Waals surface area contributed by atoms with Crippen LogP contribution in [0.15, 0.2) is 24.4 Å². The van der Waals surface area contributed by atoms with Gasteiger partial charge in [0.25, 0.3) is 0 Å². The quantitative estimate of drug-likeness (QED) is 0.670. The molecule has 3 heterocycles. The van der Waals surface area contributed by atoms with Crippen molar-refractivity contribution in [3.05, 3.63) is 35.7 Å². The van der Waals surface area contributed by atoms with Gasteiger partial charge < -0.3 is 21.1 Å². The largest absolute Gasteiger partial charge is 0.381 e. The van der Waals surface area contributed by atoms with Crippen LogP contribution in [-0.2, 0) is 4.74 Å². The molecule has 1 aliphatic heterocycles. The molecule has 2 aromatic rings. The molecule has 24 heavy (non-hydrogen) atoms.